The number of fused-ring (bicyclic) bond motifs is 1. The maximum atomic E-state index is 4.79. The minimum absolute atomic E-state index is 0.651. The first kappa shape index (κ1) is 11.8. The van der Waals surface area contributed by atoms with Gasteiger partial charge in [0.1, 0.15) is 5.82 Å². The molecule has 18 heavy (non-hydrogen) atoms. The molecule has 0 amide bonds. The highest BCUT2D eigenvalue weighted by molar-refractivity contribution is 5.75. The molecule has 1 aliphatic rings. The lowest BCUT2D eigenvalue weighted by Gasteiger charge is -2.17. The van der Waals surface area contributed by atoms with Gasteiger partial charge >= 0.3 is 0 Å². The van der Waals surface area contributed by atoms with Crippen molar-refractivity contribution in [3.8, 4) is 0 Å². The molecule has 0 bridgehead atoms. The summed E-state index contributed by atoms with van der Waals surface area (Å²) in [7, 11) is 0. The fraction of sp³-hybridized carbons (Fsp3) is 0.562. The molecular weight excluding hydrogens is 220 g/mol. The van der Waals surface area contributed by atoms with Crippen LogP contribution in [0.1, 0.15) is 62.3 Å². The lowest BCUT2D eigenvalue weighted by Crippen LogP contribution is -2.04. The molecule has 96 valence electrons. The molecule has 0 spiro atoms. The maximum Gasteiger partial charge on any atom is 0.110 e. The zero-order valence-electron chi connectivity index (χ0n) is 11.2. The lowest BCUT2D eigenvalue weighted by molar-refractivity contribution is 0.445. The van der Waals surface area contributed by atoms with Gasteiger partial charge in [-0.2, -0.15) is 0 Å². The van der Waals surface area contributed by atoms with Crippen molar-refractivity contribution in [3.05, 3.63) is 29.6 Å². The highest BCUT2D eigenvalue weighted by Crippen LogP contribution is 2.30. The molecule has 1 heterocycles. The summed E-state index contributed by atoms with van der Waals surface area (Å²) in [4.78, 5) is 8.34. The number of nitrogens with zero attached hydrogens (tertiary/aromatic N) is 1. The average molecular weight is 242 g/mol. The Bertz CT molecular complexity index is 519. The van der Waals surface area contributed by atoms with E-state index in [4.69, 9.17) is 4.98 Å². The van der Waals surface area contributed by atoms with Crippen LogP contribution in [-0.2, 0) is 0 Å². The van der Waals surface area contributed by atoms with Crippen molar-refractivity contribution in [3.63, 3.8) is 0 Å². The second-order valence-corrected chi connectivity index (χ2v) is 5.68. The van der Waals surface area contributed by atoms with Crippen LogP contribution in [0.5, 0.6) is 0 Å². The Hall–Kier alpha value is -1.31. The van der Waals surface area contributed by atoms with E-state index in [1.165, 1.54) is 61.9 Å². The third-order valence-corrected chi connectivity index (χ3v) is 4.15. The predicted octanol–water partition coefficient (Wildman–Crippen LogP) is 4.70. The highest BCUT2D eigenvalue weighted by atomic mass is 14.9. The minimum atomic E-state index is 0.651. The summed E-state index contributed by atoms with van der Waals surface area (Å²) in [6, 6.07) is 6.48. The molecule has 1 aromatic carbocycles. The topological polar surface area (TPSA) is 28.7 Å². The van der Waals surface area contributed by atoms with Gasteiger partial charge in [0, 0.05) is 5.92 Å². The molecule has 1 fully saturated rings. The largest absolute Gasteiger partial charge is 0.342 e. The molecule has 1 N–H and O–H groups in total. The van der Waals surface area contributed by atoms with Gasteiger partial charge in [0.2, 0.25) is 0 Å². The van der Waals surface area contributed by atoms with E-state index < -0.39 is 0 Å². The summed E-state index contributed by atoms with van der Waals surface area (Å²) < 4.78 is 0. The van der Waals surface area contributed by atoms with Gasteiger partial charge in [-0.25, -0.2) is 4.98 Å². The zero-order chi connectivity index (χ0) is 12.4. The third kappa shape index (κ3) is 2.43. The summed E-state index contributed by atoms with van der Waals surface area (Å²) in [5.74, 6) is 1.87. The van der Waals surface area contributed by atoms with E-state index in [0.717, 1.165) is 5.52 Å². The van der Waals surface area contributed by atoms with E-state index in [1.807, 2.05) is 0 Å². The number of hydrogen-bond donors (Lipinski definition) is 1. The number of aryl methyl sites for hydroxylation is 1. The van der Waals surface area contributed by atoms with Crippen LogP contribution in [-0.4, -0.2) is 9.97 Å². The molecule has 0 aliphatic heterocycles. The first-order valence-electron chi connectivity index (χ1n) is 7.29. The van der Waals surface area contributed by atoms with Gasteiger partial charge < -0.3 is 4.98 Å². The summed E-state index contributed by atoms with van der Waals surface area (Å²) in [6.07, 6.45) is 9.55. The van der Waals surface area contributed by atoms with Gasteiger partial charge in [-0.3, -0.25) is 0 Å². The molecule has 0 atom stereocenters. The van der Waals surface area contributed by atoms with E-state index in [0.29, 0.717) is 5.92 Å². The number of nitrogens with one attached hydrogen (secondary N) is 1. The molecule has 1 saturated carbocycles. The molecule has 2 heteroatoms. The van der Waals surface area contributed by atoms with Crippen molar-refractivity contribution in [1.29, 1.82) is 0 Å². The number of rotatable bonds is 1. The number of aromatic nitrogens is 2. The predicted molar refractivity (Wildman–Crippen MR) is 75.9 cm³/mol. The first-order valence-corrected chi connectivity index (χ1v) is 7.29. The fourth-order valence-electron chi connectivity index (χ4n) is 3.07. The van der Waals surface area contributed by atoms with Crippen molar-refractivity contribution in [1.82, 2.24) is 9.97 Å². The Morgan fingerprint density at radius 3 is 2.56 bits per heavy atom. The summed E-state index contributed by atoms with van der Waals surface area (Å²) in [6.45, 7) is 2.13. The summed E-state index contributed by atoms with van der Waals surface area (Å²) >= 11 is 0. The molecule has 1 aliphatic carbocycles. The molecule has 1 aromatic heterocycles. The van der Waals surface area contributed by atoms with Crippen molar-refractivity contribution in [2.24, 2.45) is 0 Å². The zero-order valence-corrected chi connectivity index (χ0v) is 11.2. The SMILES string of the molecule is Cc1ccc2nc(C3CCCCCCC3)[nH]c2c1. The summed E-state index contributed by atoms with van der Waals surface area (Å²) in [5.41, 5.74) is 3.63. The number of hydrogen-bond acceptors (Lipinski definition) is 1. The van der Waals surface area contributed by atoms with Gasteiger partial charge in [-0.05, 0) is 37.5 Å². The van der Waals surface area contributed by atoms with Gasteiger partial charge in [-0.1, -0.05) is 38.2 Å². The number of benzene rings is 1. The number of imidazole rings is 1. The average Bonchev–Trinajstić information content (AvgIpc) is 2.71. The maximum absolute atomic E-state index is 4.79. The van der Waals surface area contributed by atoms with E-state index in [-0.39, 0.29) is 0 Å². The quantitative estimate of drug-likeness (QED) is 0.771. The molecule has 0 unspecified atom stereocenters. The Morgan fingerprint density at radius 1 is 1.06 bits per heavy atom. The van der Waals surface area contributed by atoms with Crippen LogP contribution in [0.15, 0.2) is 18.2 Å². The minimum Gasteiger partial charge on any atom is -0.342 e. The number of aromatic amines is 1. The summed E-state index contributed by atoms with van der Waals surface area (Å²) in [5, 5.41) is 0. The van der Waals surface area contributed by atoms with Crippen molar-refractivity contribution >= 4 is 11.0 Å². The highest BCUT2D eigenvalue weighted by Gasteiger charge is 2.17. The second-order valence-electron chi connectivity index (χ2n) is 5.68. The van der Waals surface area contributed by atoms with E-state index >= 15 is 0 Å². The molecule has 0 saturated heterocycles. The molecule has 3 rings (SSSR count). The van der Waals surface area contributed by atoms with E-state index in [1.54, 1.807) is 0 Å². The third-order valence-electron chi connectivity index (χ3n) is 4.15. The van der Waals surface area contributed by atoms with E-state index in [2.05, 4.69) is 30.1 Å². The van der Waals surface area contributed by atoms with Gasteiger partial charge in [0.15, 0.2) is 0 Å². The molecule has 2 nitrogen and oxygen atoms in total. The Kier molecular flexibility index (Phi) is 3.35. The molecule has 0 radical (unpaired) electrons. The molecule has 2 aromatic rings. The van der Waals surface area contributed by atoms with Crippen LogP contribution in [0.2, 0.25) is 0 Å². The standard InChI is InChI=1S/C16H22N2/c1-12-9-10-14-15(11-12)18-16(17-14)13-7-5-3-2-4-6-8-13/h9-11,13H,2-8H2,1H3,(H,17,18). The van der Waals surface area contributed by atoms with Crippen LogP contribution in [0.3, 0.4) is 0 Å². The smallest absolute Gasteiger partial charge is 0.110 e. The molecular formula is C16H22N2. The van der Waals surface area contributed by atoms with Gasteiger partial charge in [0.05, 0.1) is 11.0 Å². The van der Waals surface area contributed by atoms with Crippen LogP contribution < -0.4 is 0 Å². The monoisotopic (exact) mass is 242 g/mol. The Balaban J connectivity index is 1.87. The normalized spacial score (nSPS) is 18.7. The number of H-pyrrole nitrogens is 1. The van der Waals surface area contributed by atoms with Crippen LogP contribution in [0, 0.1) is 6.92 Å². The second kappa shape index (κ2) is 5.13. The van der Waals surface area contributed by atoms with Crippen molar-refractivity contribution in [2.75, 3.05) is 0 Å². The van der Waals surface area contributed by atoms with Crippen LogP contribution >= 0.6 is 0 Å². The first-order chi connectivity index (χ1) is 8.83. The van der Waals surface area contributed by atoms with Crippen LogP contribution in [0.4, 0.5) is 0 Å². The van der Waals surface area contributed by atoms with Gasteiger partial charge in [0.25, 0.3) is 0 Å². The van der Waals surface area contributed by atoms with Crippen molar-refractivity contribution < 1.29 is 0 Å². The van der Waals surface area contributed by atoms with Gasteiger partial charge in [-0.15, -0.1) is 0 Å². The van der Waals surface area contributed by atoms with Crippen molar-refractivity contribution in [2.45, 2.75) is 57.8 Å². The Labute approximate surface area is 109 Å². The van der Waals surface area contributed by atoms with E-state index in [9.17, 15) is 0 Å². The lowest BCUT2D eigenvalue weighted by atomic mass is 9.91. The fourth-order valence-corrected chi connectivity index (χ4v) is 3.07. The Morgan fingerprint density at radius 2 is 1.78 bits per heavy atom. The van der Waals surface area contributed by atoms with Crippen LogP contribution in [0.25, 0.3) is 11.0 Å².